The van der Waals surface area contributed by atoms with Crippen LogP contribution in [0.3, 0.4) is 0 Å². The largest absolute Gasteiger partial charge is 0.313 e. The molecule has 0 radical (unpaired) electrons. The summed E-state index contributed by atoms with van der Waals surface area (Å²) in [7, 11) is 0. The highest BCUT2D eigenvalue weighted by Crippen LogP contribution is 2.59. The van der Waals surface area contributed by atoms with Crippen molar-refractivity contribution in [3.8, 4) is 5.69 Å². The second-order valence-electron chi connectivity index (χ2n) is 12.3. The van der Waals surface area contributed by atoms with Crippen LogP contribution >= 0.6 is 0 Å². The zero-order valence-electron chi connectivity index (χ0n) is 26.1. The fourth-order valence-electron chi connectivity index (χ4n) is 7.96. The smallest absolute Gasteiger partial charge is 0.0537 e. The number of nitrogens with zero attached hydrogens (tertiary/aromatic N) is 1. The summed E-state index contributed by atoms with van der Waals surface area (Å²) in [6.45, 7) is 4.57. The van der Waals surface area contributed by atoms with Crippen LogP contribution in [-0.4, -0.2) is 4.57 Å². The minimum absolute atomic E-state index is 0.927. The molecule has 1 heteroatoms. The Morgan fingerprint density at radius 3 is 1.85 bits per heavy atom. The van der Waals surface area contributed by atoms with Crippen molar-refractivity contribution in [3.05, 3.63) is 190 Å². The van der Waals surface area contributed by atoms with Crippen LogP contribution in [0.5, 0.6) is 0 Å². The van der Waals surface area contributed by atoms with E-state index in [4.69, 9.17) is 0 Å². The van der Waals surface area contributed by atoms with Crippen molar-refractivity contribution >= 4 is 50.0 Å². The summed E-state index contributed by atoms with van der Waals surface area (Å²) >= 11 is 0. The van der Waals surface area contributed by atoms with E-state index in [9.17, 15) is 0 Å². The number of benzene rings is 6. The van der Waals surface area contributed by atoms with Crippen molar-refractivity contribution < 1.29 is 0 Å². The first-order valence-corrected chi connectivity index (χ1v) is 16.3. The first-order chi connectivity index (χ1) is 22.7. The lowest BCUT2D eigenvalue weighted by Gasteiger charge is -2.14. The summed E-state index contributed by atoms with van der Waals surface area (Å²) in [4.78, 5) is 0. The van der Waals surface area contributed by atoms with E-state index in [1.54, 1.807) is 0 Å². The molecule has 6 aromatic carbocycles. The monoisotopic (exact) mass is 587 g/mol. The third-order valence-corrected chi connectivity index (χ3v) is 9.94. The van der Waals surface area contributed by atoms with Crippen molar-refractivity contribution in [1.82, 2.24) is 4.57 Å². The summed E-state index contributed by atoms with van der Waals surface area (Å²) < 4.78 is 2.41. The van der Waals surface area contributed by atoms with Crippen LogP contribution in [0, 0.1) is 6.92 Å². The molecule has 0 spiro atoms. The van der Waals surface area contributed by atoms with E-state index in [2.05, 4.69) is 170 Å². The molecule has 0 unspecified atom stereocenters. The molecule has 0 N–H and O–H groups in total. The van der Waals surface area contributed by atoms with Crippen molar-refractivity contribution in [2.24, 2.45) is 0 Å². The Morgan fingerprint density at radius 1 is 0.522 bits per heavy atom. The lowest BCUT2D eigenvalue weighted by molar-refractivity contribution is 1.05. The highest BCUT2D eigenvalue weighted by molar-refractivity contribution is 6.36. The molecule has 2 aliphatic carbocycles. The van der Waals surface area contributed by atoms with Crippen LogP contribution in [0.1, 0.15) is 52.4 Å². The fourth-order valence-corrected chi connectivity index (χ4v) is 7.96. The number of fused-ring (bicyclic) bond motifs is 7. The van der Waals surface area contributed by atoms with Gasteiger partial charge >= 0.3 is 0 Å². The SMILES string of the molecule is CC/C(=C\c1c(C)n(-c2ccccc2)c2ccccc12)C1=C2C(=C(c3cccc4ccccc34)c3ccccc32)c2ccccc21. The maximum Gasteiger partial charge on any atom is 0.0537 e. The molecule has 0 saturated heterocycles. The maximum atomic E-state index is 2.48. The topological polar surface area (TPSA) is 4.93 Å². The second kappa shape index (κ2) is 10.5. The summed E-state index contributed by atoms with van der Waals surface area (Å²) in [6, 6.07) is 53.2. The molecular formula is C45H33N. The third kappa shape index (κ3) is 3.82. The maximum absolute atomic E-state index is 2.48. The first-order valence-electron chi connectivity index (χ1n) is 16.3. The first kappa shape index (κ1) is 26.7. The summed E-state index contributed by atoms with van der Waals surface area (Å²) in [5.41, 5.74) is 18.4. The lowest BCUT2D eigenvalue weighted by Crippen LogP contribution is -1.96. The molecular weight excluding hydrogens is 555 g/mol. The number of rotatable bonds is 5. The number of allylic oxidation sites excluding steroid dienone is 4. The van der Waals surface area contributed by atoms with Gasteiger partial charge in [-0.2, -0.15) is 0 Å². The third-order valence-electron chi connectivity index (χ3n) is 9.94. The van der Waals surface area contributed by atoms with Gasteiger partial charge in [0.05, 0.1) is 5.52 Å². The van der Waals surface area contributed by atoms with E-state index in [0.717, 1.165) is 6.42 Å². The average molecular weight is 588 g/mol. The molecule has 0 bridgehead atoms. The van der Waals surface area contributed by atoms with Crippen LogP contribution in [0.15, 0.2) is 151 Å². The molecule has 1 aromatic heterocycles. The number of aromatic nitrogens is 1. The average Bonchev–Trinajstić information content (AvgIpc) is 3.72. The zero-order valence-corrected chi connectivity index (χ0v) is 26.1. The summed E-state index contributed by atoms with van der Waals surface area (Å²) in [5.74, 6) is 0. The van der Waals surface area contributed by atoms with Gasteiger partial charge in [-0.1, -0.05) is 134 Å². The standard InChI is InChI=1S/C45H33N/c1-3-30(28-40-29(2)46(32-18-5-4-6-19-32)41-27-14-13-21-34(40)41)42-36-22-9-11-24-38(36)45-43(37-23-10-12-25-39(37)44(42)45)35-26-15-17-31-16-7-8-20-33(31)35/h4-28H,3H2,1-2H3/b30-28+. The molecule has 0 aliphatic heterocycles. The molecule has 0 fully saturated rings. The minimum Gasteiger partial charge on any atom is -0.313 e. The van der Waals surface area contributed by atoms with E-state index < -0.39 is 0 Å². The van der Waals surface area contributed by atoms with Gasteiger partial charge in [-0.15, -0.1) is 0 Å². The molecule has 2 aliphatic rings. The van der Waals surface area contributed by atoms with Crippen LogP contribution in [-0.2, 0) is 0 Å². The normalized spacial score (nSPS) is 13.9. The Hall–Kier alpha value is -5.66. The van der Waals surface area contributed by atoms with Crippen LogP contribution in [0.25, 0.3) is 55.7 Å². The predicted molar refractivity (Wildman–Crippen MR) is 196 cm³/mol. The predicted octanol–water partition coefficient (Wildman–Crippen LogP) is 11.8. The van der Waals surface area contributed by atoms with Gasteiger partial charge in [0.15, 0.2) is 0 Å². The van der Waals surface area contributed by atoms with E-state index in [1.807, 2.05) is 0 Å². The number of hydrogen-bond donors (Lipinski definition) is 0. The molecule has 0 atom stereocenters. The molecule has 9 rings (SSSR count). The zero-order chi connectivity index (χ0) is 30.8. The Morgan fingerprint density at radius 2 is 1.09 bits per heavy atom. The lowest BCUT2D eigenvalue weighted by atomic mass is 9.89. The fraction of sp³-hybridized carbons (Fsp3) is 0.0667. The van der Waals surface area contributed by atoms with E-state index >= 15 is 0 Å². The molecule has 7 aromatic rings. The van der Waals surface area contributed by atoms with Crippen molar-refractivity contribution in [1.29, 1.82) is 0 Å². The van der Waals surface area contributed by atoms with Gasteiger partial charge in [-0.3, -0.25) is 0 Å². The van der Waals surface area contributed by atoms with Gasteiger partial charge < -0.3 is 4.57 Å². The van der Waals surface area contributed by atoms with Gasteiger partial charge in [-0.05, 0) is 104 Å². The van der Waals surface area contributed by atoms with Crippen LogP contribution in [0.4, 0.5) is 0 Å². The van der Waals surface area contributed by atoms with Crippen LogP contribution < -0.4 is 0 Å². The molecule has 46 heavy (non-hydrogen) atoms. The number of hydrogen-bond acceptors (Lipinski definition) is 0. The van der Waals surface area contributed by atoms with E-state index in [-0.39, 0.29) is 0 Å². The summed E-state index contributed by atoms with van der Waals surface area (Å²) in [6.07, 6.45) is 3.41. The van der Waals surface area contributed by atoms with Crippen molar-refractivity contribution in [2.45, 2.75) is 20.3 Å². The Labute approximate surface area is 270 Å². The highest BCUT2D eigenvalue weighted by atomic mass is 15.0. The van der Waals surface area contributed by atoms with Crippen LogP contribution in [0.2, 0.25) is 0 Å². The van der Waals surface area contributed by atoms with E-state index in [1.165, 1.54) is 94.3 Å². The number of para-hydroxylation sites is 2. The molecule has 1 heterocycles. The molecule has 0 saturated carbocycles. The summed E-state index contributed by atoms with van der Waals surface area (Å²) in [5, 5.41) is 3.85. The quantitative estimate of drug-likeness (QED) is 0.189. The molecule has 218 valence electrons. The molecule has 1 nitrogen and oxygen atoms in total. The van der Waals surface area contributed by atoms with E-state index in [0.29, 0.717) is 0 Å². The van der Waals surface area contributed by atoms with Gasteiger partial charge in [0.1, 0.15) is 0 Å². The van der Waals surface area contributed by atoms with Gasteiger partial charge in [0.25, 0.3) is 0 Å². The molecule has 0 amide bonds. The van der Waals surface area contributed by atoms with Gasteiger partial charge in [0.2, 0.25) is 0 Å². The minimum atomic E-state index is 0.927. The van der Waals surface area contributed by atoms with Crippen molar-refractivity contribution in [3.63, 3.8) is 0 Å². The Bertz CT molecular complexity index is 2440. The van der Waals surface area contributed by atoms with Gasteiger partial charge in [-0.25, -0.2) is 0 Å². The van der Waals surface area contributed by atoms with Gasteiger partial charge in [0, 0.05) is 22.3 Å². The highest BCUT2D eigenvalue weighted by Gasteiger charge is 2.37. The Kier molecular flexibility index (Phi) is 6.08. The van der Waals surface area contributed by atoms with Crippen molar-refractivity contribution in [2.75, 3.05) is 0 Å². The Balaban J connectivity index is 1.36. The second-order valence-corrected chi connectivity index (χ2v) is 12.3.